The Morgan fingerprint density at radius 2 is 0.782 bits per heavy atom. The van der Waals surface area contributed by atoms with E-state index in [1.54, 1.807) is 49.9 Å². The number of unbranched alkanes of at least 4 members (excludes halogenated alkanes) is 4. The molecule has 2 unspecified atom stereocenters. The van der Waals surface area contributed by atoms with Gasteiger partial charge in [0.15, 0.2) is 0 Å². The van der Waals surface area contributed by atoms with Crippen LogP contribution in [0.15, 0.2) is 108 Å². The normalized spacial score (nSPS) is 16.9. The fourth-order valence-electron chi connectivity index (χ4n) is 11.8. The molecule has 0 saturated carbocycles. The standard InChI is InChI=1S/2C17H15.4C4H9.C3H6.2Zr/c2*1-2-13-11-15-9-6-10-16(17(15)12-13)14-7-4-3-5-8-14;4*1-3-4-2;1-3-2;;/h2*3-12H,2H2,1H3;4*1,3-4H2,2H3;1-2H3;;. The summed E-state index contributed by atoms with van der Waals surface area (Å²) in [6.07, 6.45) is 18.7. The number of fused-ring (bicyclic) bond motifs is 2. The Bertz CT molecular complexity index is 1760. The zero-order valence-corrected chi connectivity index (χ0v) is 40.9. The summed E-state index contributed by atoms with van der Waals surface area (Å²) in [5.41, 5.74) is 15.8. The van der Waals surface area contributed by atoms with Gasteiger partial charge < -0.3 is 0 Å². The third-order valence-electron chi connectivity index (χ3n) is 14.8. The topological polar surface area (TPSA) is 0 Å². The molecule has 0 aromatic heterocycles. The van der Waals surface area contributed by atoms with Crippen molar-refractivity contribution < 1.29 is 40.5 Å². The van der Waals surface area contributed by atoms with Gasteiger partial charge in [0.1, 0.15) is 0 Å². The van der Waals surface area contributed by atoms with Crippen molar-refractivity contribution in [1.29, 1.82) is 0 Å². The predicted octanol–water partition coefficient (Wildman–Crippen LogP) is 17.8. The Labute approximate surface area is 346 Å². The van der Waals surface area contributed by atoms with E-state index in [0.29, 0.717) is 8.08 Å². The van der Waals surface area contributed by atoms with E-state index in [0.717, 1.165) is 0 Å². The summed E-state index contributed by atoms with van der Waals surface area (Å²) in [6.45, 7) is 20.9. The zero-order valence-electron chi connectivity index (χ0n) is 35.9. The Kier molecular flexibility index (Phi) is 15.0. The second kappa shape index (κ2) is 19.3. The van der Waals surface area contributed by atoms with E-state index >= 15 is 0 Å². The summed E-state index contributed by atoms with van der Waals surface area (Å²) in [6, 6.07) is 37.6. The predicted molar refractivity (Wildman–Crippen MR) is 239 cm³/mol. The monoisotopic (exact) mass is 888 g/mol. The maximum atomic E-state index is 3.01. The van der Waals surface area contributed by atoms with E-state index in [1.807, 2.05) is 0 Å². The van der Waals surface area contributed by atoms with Crippen LogP contribution in [-0.4, -0.2) is 0 Å². The van der Waals surface area contributed by atoms with Crippen LogP contribution in [0.2, 0.25) is 17.3 Å². The molecule has 0 heterocycles. The van der Waals surface area contributed by atoms with Crippen LogP contribution in [0, 0.1) is 0 Å². The zero-order chi connectivity index (χ0) is 39.1. The van der Waals surface area contributed by atoms with Crippen molar-refractivity contribution in [2.24, 2.45) is 0 Å². The van der Waals surface area contributed by atoms with Gasteiger partial charge in [0.2, 0.25) is 0 Å². The molecule has 6 rings (SSSR count). The van der Waals surface area contributed by atoms with Crippen LogP contribution in [0.4, 0.5) is 0 Å². The number of allylic oxidation sites excluding steroid dienone is 2. The number of hydrogen-bond donors (Lipinski definition) is 0. The molecule has 2 aliphatic carbocycles. The molecule has 4 aromatic rings. The van der Waals surface area contributed by atoms with Gasteiger partial charge in [-0.15, -0.1) is 0 Å². The van der Waals surface area contributed by atoms with E-state index in [2.05, 4.69) is 165 Å². The minimum absolute atomic E-state index is 0.449. The van der Waals surface area contributed by atoms with Gasteiger partial charge in [0, 0.05) is 0 Å². The average molecular weight is 892 g/mol. The molecule has 0 fully saturated rings. The molecular formula is C53H72Zr2. The molecule has 0 amide bonds. The summed E-state index contributed by atoms with van der Waals surface area (Å²) in [7, 11) is 0. The third kappa shape index (κ3) is 7.98. The van der Waals surface area contributed by atoms with E-state index < -0.39 is 40.5 Å². The van der Waals surface area contributed by atoms with E-state index in [9.17, 15) is 0 Å². The summed E-state index contributed by atoms with van der Waals surface area (Å²) >= 11 is -6.66. The summed E-state index contributed by atoms with van der Waals surface area (Å²) < 4.78 is 7.97. The van der Waals surface area contributed by atoms with Gasteiger partial charge in [-0.05, 0) is 0 Å². The first-order valence-corrected chi connectivity index (χ1v) is 34.8. The quantitative estimate of drug-likeness (QED) is 0.0829. The molecule has 55 heavy (non-hydrogen) atoms. The van der Waals surface area contributed by atoms with Crippen LogP contribution in [0.3, 0.4) is 0 Å². The van der Waals surface area contributed by atoms with E-state index in [-0.39, 0.29) is 0 Å². The van der Waals surface area contributed by atoms with E-state index in [4.69, 9.17) is 0 Å². The molecule has 0 bridgehead atoms. The second-order valence-corrected chi connectivity index (χ2v) is 46.0. The van der Waals surface area contributed by atoms with Crippen molar-refractivity contribution in [1.82, 2.24) is 0 Å². The van der Waals surface area contributed by atoms with Crippen molar-refractivity contribution in [3.05, 3.63) is 130 Å². The molecule has 2 heteroatoms. The van der Waals surface area contributed by atoms with Crippen molar-refractivity contribution in [3.63, 3.8) is 0 Å². The molecular weight excluding hydrogens is 819 g/mol. The number of benzene rings is 4. The molecule has 2 atom stereocenters. The molecule has 0 N–H and O–H groups in total. The van der Waals surface area contributed by atoms with Gasteiger partial charge in [-0.3, -0.25) is 0 Å². The van der Waals surface area contributed by atoms with Crippen LogP contribution in [0.25, 0.3) is 34.4 Å². The minimum atomic E-state index is -3.33. The second-order valence-electron chi connectivity index (χ2n) is 17.7. The Morgan fingerprint density at radius 1 is 0.436 bits per heavy atom. The van der Waals surface area contributed by atoms with Crippen LogP contribution < -0.4 is 0 Å². The van der Waals surface area contributed by atoms with Crippen molar-refractivity contribution in [3.8, 4) is 22.3 Å². The van der Waals surface area contributed by atoms with Gasteiger partial charge in [-0.25, -0.2) is 0 Å². The van der Waals surface area contributed by atoms with Gasteiger partial charge in [-0.1, -0.05) is 0 Å². The van der Waals surface area contributed by atoms with Gasteiger partial charge >= 0.3 is 350 Å². The van der Waals surface area contributed by atoms with Crippen molar-refractivity contribution in [2.45, 2.75) is 144 Å². The van der Waals surface area contributed by atoms with Gasteiger partial charge in [0.25, 0.3) is 0 Å². The van der Waals surface area contributed by atoms with E-state index in [1.165, 1.54) is 86.5 Å². The number of hydrogen-bond acceptors (Lipinski definition) is 0. The Morgan fingerprint density at radius 3 is 1.09 bits per heavy atom. The summed E-state index contributed by atoms with van der Waals surface area (Å²) in [4.78, 5) is 0. The number of rotatable bonds is 20. The molecule has 4 aromatic carbocycles. The molecule has 0 nitrogen and oxygen atoms in total. The maximum absolute atomic E-state index is 3.33. The first kappa shape index (κ1) is 42.7. The summed E-state index contributed by atoms with van der Waals surface area (Å²) in [5.74, 6) is 0. The molecule has 292 valence electrons. The van der Waals surface area contributed by atoms with Crippen LogP contribution in [0.1, 0.15) is 149 Å². The summed E-state index contributed by atoms with van der Waals surface area (Å²) in [5, 5.41) is 0. The Hall–Kier alpha value is -1.87. The molecule has 0 saturated heterocycles. The fraction of sp³-hybridized carbons (Fsp3) is 0.472. The first-order valence-electron chi connectivity index (χ1n) is 22.6. The first-order chi connectivity index (χ1) is 26.8. The van der Waals surface area contributed by atoms with Crippen LogP contribution >= 0.6 is 0 Å². The van der Waals surface area contributed by atoms with Crippen LogP contribution in [-0.2, 0) is 40.5 Å². The molecule has 0 spiro atoms. The third-order valence-corrected chi connectivity index (χ3v) is 62.5. The van der Waals surface area contributed by atoms with Crippen molar-refractivity contribution >= 4 is 12.2 Å². The van der Waals surface area contributed by atoms with Gasteiger partial charge in [-0.2, -0.15) is 0 Å². The van der Waals surface area contributed by atoms with Crippen LogP contribution in [0.5, 0.6) is 0 Å². The fourth-order valence-corrected chi connectivity index (χ4v) is 72.7. The van der Waals surface area contributed by atoms with Gasteiger partial charge in [0.05, 0.1) is 0 Å². The molecule has 2 aliphatic rings. The van der Waals surface area contributed by atoms with Crippen molar-refractivity contribution in [2.75, 3.05) is 0 Å². The molecule has 0 aliphatic heterocycles. The Balaban J connectivity index is 1.66. The average Bonchev–Trinajstić information content (AvgIpc) is 3.81. The molecule has 0 radical (unpaired) electrons. The SMILES string of the molecule is CCC[CH2][Zr]([CH2]CCC)([CH]1C(CC)=Cc2c(-c3ccccc3)cccc21)[C](C)(C)[Zr]([CH2]CCC)([CH2]CCC)[CH]1C(CC)=Cc2c(-c3ccccc3)cccc21.